The second kappa shape index (κ2) is 7.28. The molecule has 3 aromatic rings. The molecule has 0 spiro atoms. The molecule has 7 nitrogen and oxygen atoms in total. The summed E-state index contributed by atoms with van der Waals surface area (Å²) in [6.07, 6.45) is 4.91. The summed E-state index contributed by atoms with van der Waals surface area (Å²) < 4.78 is 5.64. The Morgan fingerprint density at radius 1 is 1.25 bits per heavy atom. The van der Waals surface area contributed by atoms with Crippen molar-refractivity contribution in [3.63, 3.8) is 0 Å². The Kier molecular flexibility index (Phi) is 4.92. The highest BCUT2D eigenvalue weighted by Gasteiger charge is 2.10. The smallest absolute Gasteiger partial charge is 0.356 e. The van der Waals surface area contributed by atoms with Crippen molar-refractivity contribution in [1.82, 2.24) is 15.0 Å². The van der Waals surface area contributed by atoms with Gasteiger partial charge in [-0.1, -0.05) is 23.1 Å². The van der Waals surface area contributed by atoms with E-state index in [0.29, 0.717) is 11.5 Å². The number of thiazole rings is 1. The maximum atomic E-state index is 11.5. The summed E-state index contributed by atoms with van der Waals surface area (Å²) in [6, 6.07) is 7.06. The normalized spacial score (nSPS) is 10.4. The predicted octanol–water partition coefficient (Wildman–Crippen LogP) is 3.20. The minimum Gasteiger partial charge on any atom is -0.464 e. The van der Waals surface area contributed by atoms with Crippen LogP contribution < -0.4 is 11.1 Å². The molecule has 0 aromatic carbocycles. The van der Waals surface area contributed by atoms with E-state index < -0.39 is 5.97 Å². The van der Waals surface area contributed by atoms with Crippen LogP contribution in [0.4, 0.5) is 16.6 Å². The maximum absolute atomic E-state index is 11.5. The fraction of sp³-hybridized carbons (Fsp3) is 0.0667. The molecule has 3 heterocycles. The number of methoxy groups -OCH3 is 1. The number of nitrogens with zero attached hydrogens (tertiary/aromatic N) is 3. The van der Waals surface area contributed by atoms with Gasteiger partial charge in [-0.25, -0.2) is 19.7 Å². The Morgan fingerprint density at radius 2 is 2.12 bits per heavy atom. The third-order valence-electron chi connectivity index (χ3n) is 2.85. The molecule has 3 rings (SSSR count). The highest BCUT2D eigenvalue weighted by atomic mass is 32.2. The largest absolute Gasteiger partial charge is 0.464 e. The molecule has 24 heavy (non-hydrogen) atoms. The molecule has 0 aliphatic heterocycles. The number of hydrogen-bond acceptors (Lipinski definition) is 9. The average molecular weight is 359 g/mol. The van der Waals surface area contributed by atoms with Gasteiger partial charge in [0.1, 0.15) is 11.5 Å². The summed E-state index contributed by atoms with van der Waals surface area (Å²) in [5, 5.41) is 3.84. The van der Waals surface area contributed by atoms with Crippen LogP contribution in [0.15, 0.2) is 52.0 Å². The van der Waals surface area contributed by atoms with Crippen LogP contribution in [0.2, 0.25) is 0 Å². The van der Waals surface area contributed by atoms with E-state index in [2.05, 4.69) is 25.0 Å². The number of aromatic nitrogens is 3. The average Bonchev–Trinajstić information content (AvgIpc) is 3.03. The molecule has 3 aromatic heterocycles. The quantitative estimate of drug-likeness (QED) is 0.670. The van der Waals surface area contributed by atoms with Crippen molar-refractivity contribution in [2.24, 2.45) is 0 Å². The molecule has 0 fully saturated rings. The minimum absolute atomic E-state index is 0.274. The number of rotatable bonds is 5. The lowest BCUT2D eigenvalue weighted by atomic mass is 10.3. The van der Waals surface area contributed by atoms with Gasteiger partial charge in [0.15, 0.2) is 5.13 Å². The zero-order valence-electron chi connectivity index (χ0n) is 12.6. The van der Waals surface area contributed by atoms with E-state index in [1.807, 2.05) is 6.07 Å². The highest BCUT2D eigenvalue weighted by Crippen LogP contribution is 2.34. The van der Waals surface area contributed by atoms with Gasteiger partial charge in [0.2, 0.25) is 0 Å². The van der Waals surface area contributed by atoms with Crippen molar-refractivity contribution >= 4 is 45.7 Å². The van der Waals surface area contributed by atoms with Gasteiger partial charge >= 0.3 is 5.97 Å². The zero-order chi connectivity index (χ0) is 16.9. The first-order chi connectivity index (χ1) is 11.6. The van der Waals surface area contributed by atoms with E-state index in [4.69, 9.17) is 5.73 Å². The van der Waals surface area contributed by atoms with Crippen LogP contribution in [0.3, 0.4) is 0 Å². The van der Waals surface area contributed by atoms with E-state index >= 15 is 0 Å². The Labute approximate surface area is 146 Å². The van der Waals surface area contributed by atoms with Gasteiger partial charge in [0.25, 0.3) is 0 Å². The van der Waals surface area contributed by atoms with Gasteiger partial charge in [-0.2, -0.15) is 0 Å². The summed E-state index contributed by atoms with van der Waals surface area (Å²) in [5.41, 5.74) is 6.49. The molecule has 0 atom stereocenters. The molecule has 9 heteroatoms. The second-order valence-corrected chi connectivity index (χ2v) is 6.96. The fourth-order valence-electron chi connectivity index (χ4n) is 1.76. The summed E-state index contributed by atoms with van der Waals surface area (Å²) in [4.78, 5) is 24.9. The molecule has 0 aliphatic rings. The third-order valence-corrected chi connectivity index (χ3v) is 4.85. The molecule has 0 aliphatic carbocycles. The molecule has 0 radical (unpaired) electrons. The summed E-state index contributed by atoms with van der Waals surface area (Å²) in [5.74, 6) is 0.213. The first kappa shape index (κ1) is 16.2. The molecular formula is C15H13N5O2S2. The van der Waals surface area contributed by atoms with Crippen molar-refractivity contribution < 1.29 is 9.53 Å². The van der Waals surface area contributed by atoms with Gasteiger partial charge in [-0.15, -0.1) is 0 Å². The Morgan fingerprint density at radius 3 is 2.88 bits per heavy atom. The number of anilines is 3. The Bertz CT molecular complexity index is 851. The summed E-state index contributed by atoms with van der Waals surface area (Å²) in [6.45, 7) is 0. The lowest BCUT2D eigenvalue weighted by Crippen LogP contribution is -2.03. The van der Waals surface area contributed by atoms with Gasteiger partial charge < -0.3 is 15.8 Å². The van der Waals surface area contributed by atoms with E-state index in [1.54, 1.807) is 36.8 Å². The van der Waals surface area contributed by atoms with Crippen LogP contribution in [0.5, 0.6) is 0 Å². The van der Waals surface area contributed by atoms with Gasteiger partial charge in [0, 0.05) is 11.1 Å². The van der Waals surface area contributed by atoms with Crippen molar-refractivity contribution in [3.8, 4) is 0 Å². The molecular weight excluding hydrogens is 346 g/mol. The van der Waals surface area contributed by atoms with Crippen LogP contribution in [0, 0.1) is 0 Å². The topological polar surface area (TPSA) is 103 Å². The van der Waals surface area contributed by atoms with Crippen molar-refractivity contribution in [2.45, 2.75) is 9.10 Å². The van der Waals surface area contributed by atoms with Crippen LogP contribution in [-0.4, -0.2) is 28.0 Å². The first-order valence-electron chi connectivity index (χ1n) is 6.80. The van der Waals surface area contributed by atoms with Gasteiger partial charge in [-0.3, -0.25) is 0 Å². The fourth-order valence-corrected chi connectivity index (χ4v) is 3.65. The van der Waals surface area contributed by atoms with Gasteiger partial charge in [0.05, 0.1) is 29.4 Å². The lowest BCUT2D eigenvalue weighted by molar-refractivity contribution is 0.0593. The molecule has 0 unspecified atom stereocenters. The molecule has 0 bridgehead atoms. The van der Waals surface area contributed by atoms with Crippen LogP contribution in [0.25, 0.3) is 0 Å². The Hall–Kier alpha value is -2.65. The molecule has 0 amide bonds. The summed E-state index contributed by atoms with van der Waals surface area (Å²) >= 11 is 2.97. The van der Waals surface area contributed by atoms with E-state index in [9.17, 15) is 4.79 Å². The third kappa shape index (κ3) is 4.00. The number of hydrogen-bond donors (Lipinski definition) is 2. The SMILES string of the molecule is COC(=O)c1cc(Sc2cnc(Nc3ccc(N)cn3)s2)ccn1. The number of nitrogens with two attached hydrogens (primary N) is 1. The number of carbonyl (C=O) groups excluding carboxylic acids is 1. The maximum Gasteiger partial charge on any atom is 0.356 e. The lowest BCUT2D eigenvalue weighted by Gasteiger charge is -2.02. The van der Waals surface area contributed by atoms with Crippen LogP contribution in [0.1, 0.15) is 10.5 Å². The Balaban J connectivity index is 1.70. The zero-order valence-corrected chi connectivity index (χ0v) is 14.2. The van der Waals surface area contributed by atoms with Crippen molar-refractivity contribution in [3.05, 3.63) is 48.5 Å². The number of pyridine rings is 2. The highest BCUT2D eigenvalue weighted by molar-refractivity contribution is 8.01. The van der Waals surface area contributed by atoms with E-state index in [1.165, 1.54) is 30.2 Å². The first-order valence-corrected chi connectivity index (χ1v) is 8.44. The number of carbonyl (C=O) groups is 1. The second-order valence-electron chi connectivity index (χ2n) is 4.56. The minimum atomic E-state index is -0.460. The molecule has 122 valence electrons. The predicted molar refractivity (Wildman–Crippen MR) is 93.7 cm³/mol. The summed E-state index contributed by atoms with van der Waals surface area (Å²) in [7, 11) is 1.33. The number of ether oxygens (including phenoxy) is 1. The number of nitrogens with one attached hydrogen (secondary N) is 1. The monoisotopic (exact) mass is 359 g/mol. The molecule has 3 N–H and O–H groups in total. The van der Waals surface area contributed by atoms with E-state index in [-0.39, 0.29) is 5.69 Å². The van der Waals surface area contributed by atoms with E-state index in [0.717, 1.165) is 14.2 Å². The van der Waals surface area contributed by atoms with Crippen molar-refractivity contribution in [2.75, 3.05) is 18.2 Å². The number of nitrogen functional groups attached to an aromatic ring is 1. The van der Waals surface area contributed by atoms with Crippen LogP contribution in [-0.2, 0) is 4.74 Å². The molecule has 0 saturated heterocycles. The van der Waals surface area contributed by atoms with Crippen molar-refractivity contribution in [1.29, 1.82) is 0 Å². The standard InChI is InChI=1S/C15H13N5O2S2/c1-22-14(21)11-6-10(4-5-17-11)23-13-8-19-15(24-13)20-12-3-2-9(16)7-18-12/h2-8H,16H2,1H3,(H,18,19,20). The van der Waals surface area contributed by atoms with Gasteiger partial charge in [-0.05, 0) is 24.3 Å². The number of esters is 1. The molecule has 0 saturated carbocycles. The van der Waals surface area contributed by atoms with Crippen LogP contribution >= 0.6 is 23.1 Å².